The van der Waals surface area contributed by atoms with Crippen molar-refractivity contribution in [2.45, 2.75) is 31.5 Å². The van der Waals surface area contributed by atoms with E-state index >= 15 is 0 Å². The van der Waals surface area contributed by atoms with Crippen molar-refractivity contribution in [2.24, 2.45) is 0 Å². The van der Waals surface area contributed by atoms with Gasteiger partial charge in [0.15, 0.2) is 17.4 Å². The Hall–Kier alpha value is -1.62. The van der Waals surface area contributed by atoms with Crippen LogP contribution in [0.3, 0.4) is 0 Å². The third-order valence-corrected chi connectivity index (χ3v) is 4.66. The zero-order valence-electron chi connectivity index (χ0n) is 11.9. The van der Waals surface area contributed by atoms with E-state index < -0.39 is 38.7 Å². The largest absolute Gasteiger partial charge is 0.386 e. The lowest BCUT2D eigenvalue weighted by molar-refractivity contribution is -0.0593. The van der Waals surface area contributed by atoms with Crippen LogP contribution in [0.4, 0.5) is 5.95 Å². The van der Waals surface area contributed by atoms with E-state index in [1.165, 1.54) is 4.57 Å². The van der Waals surface area contributed by atoms with E-state index in [2.05, 4.69) is 15.0 Å². The molecule has 23 heavy (non-hydrogen) atoms. The second-order valence-corrected chi connectivity index (χ2v) is 6.26. The molecule has 0 amide bonds. The first kappa shape index (κ1) is 14.9. The molecular formula is C11H14N5O6P. The number of nitrogens with two attached hydrogens (primary N) is 1. The van der Waals surface area contributed by atoms with Crippen molar-refractivity contribution in [2.75, 3.05) is 12.3 Å². The van der Waals surface area contributed by atoms with Gasteiger partial charge in [0.05, 0.1) is 6.61 Å². The summed E-state index contributed by atoms with van der Waals surface area (Å²) < 4.78 is 17.5. The maximum atomic E-state index is 11.9. The topological polar surface area (TPSA) is 158 Å². The van der Waals surface area contributed by atoms with Crippen molar-refractivity contribution >= 4 is 25.7 Å². The molecule has 2 aliphatic rings. The fraction of sp³-hybridized carbons (Fsp3) is 0.545. The number of aromatic nitrogens is 4. The molecule has 11 nitrogen and oxygen atoms in total. The normalized spacial score (nSPS) is 34.0. The molecule has 0 bridgehead atoms. The van der Waals surface area contributed by atoms with Gasteiger partial charge in [0, 0.05) is 0 Å². The standard InChI is InChI=1S/C11H14N5O6P/c1-3-13-5-8(14-11(12)15-9(5)18)16(3)10-6(17)7-4(21-10)2-20-23(19)22-7/h4,6-7,10,17,19H,2H2,1H3,(H3,12,14,15,18)/t4-,6-,7-,10-,23?/m1/s1. The number of aliphatic hydroxyl groups is 1. The predicted molar refractivity (Wildman–Crippen MR) is 77.2 cm³/mol. The van der Waals surface area contributed by atoms with Gasteiger partial charge in [-0.1, -0.05) is 0 Å². The number of H-pyrrole nitrogens is 1. The Morgan fingerprint density at radius 1 is 1.48 bits per heavy atom. The number of anilines is 1. The molecule has 5 N–H and O–H groups in total. The maximum absolute atomic E-state index is 11.9. The zero-order valence-corrected chi connectivity index (χ0v) is 12.8. The van der Waals surface area contributed by atoms with Crippen LogP contribution in [0.2, 0.25) is 0 Å². The highest BCUT2D eigenvalue weighted by Gasteiger charge is 2.50. The number of nitrogens with one attached hydrogen (secondary N) is 1. The number of aliphatic hydroxyl groups excluding tert-OH is 1. The van der Waals surface area contributed by atoms with Gasteiger partial charge in [-0.05, 0) is 6.92 Å². The lowest BCUT2D eigenvalue weighted by atomic mass is 10.1. The molecule has 0 aromatic carbocycles. The molecule has 4 heterocycles. The van der Waals surface area contributed by atoms with Gasteiger partial charge in [0.25, 0.3) is 5.56 Å². The molecular weight excluding hydrogens is 329 g/mol. The molecule has 0 radical (unpaired) electrons. The summed E-state index contributed by atoms with van der Waals surface area (Å²) in [4.78, 5) is 32.0. The molecule has 2 aromatic rings. The van der Waals surface area contributed by atoms with Gasteiger partial charge in [0.1, 0.15) is 24.1 Å². The van der Waals surface area contributed by atoms with Crippen LogP contribution in [0, 0.1) is 6.92 Å². The SMILES string of the molecule is Cc1nc2c(=O)[nH]c(N)nc2n1[C@@H]1O[C@@H]2COP(O)O[C@H]2[C@H]1O. The fourth-order valence-corrected chi connectivity index (χ4v) is 3.69. The van der Waals surface area contributed by atoms with E-state index in [0.29, 0.717) is 5.82 Å². The predicted octanol–water partition coefficient (Wildman–Crippen LogP) is -1.10. The van der Waals surface area contributed by atoms with E-state index in [4.69, 9.17) is 19.5 Å². The van der Waals surface area contributed by atoms with Crippen molar-refractivity contribution in [1.29, 1.82) is 0 Å². The van der Waals surface area contributed by atoms with E-state index in [0.717, 1.165) is 0 Å². The number of rotatable bonds is 1. The highest BCUT2D eigenvalue weighted by atomic mass is 31.2. The first-order chi connectivity index (χ1) is 11.0. The summed E-state index contributed by atoms with van der Waals surface area (Å²) in [6, 6.07) is 0. The molecule has 124 valence electrons. The molecule has 0 saturated carbocycles. The van der Waals surface area contributed by atoms with Crippen LogP contribution in [0.15, 0.2) is 4.79 Å². The summed E-state index contributed by atoms with van der Waals surface area (Å²) >= 11 is 0. The van der Waals surface area contributed by atoms with E-state index in [-0.39, 0.29) is 23.7 Å². The number of fused-ring (bicyclic) bond motifs is 2. The minimum atomic E-state index is -2.03. The first-order valence-corrected chi connectivity index (χ1v) is 7.95. The van der Waals surface area contributed by atoms with Crippen LogP contribution < -0.4 is 11.3 Å². The molecule has 4 rings (SSSR count). The highest BCUT2D eigenvalue weighted by molar-refractivity contribution is 7.40. The second kappa shape index (κ2) is 5.20. The zero-order chi connectivity index (χ0) is 16.3. The second-order valence-electron chi connectivity index (χ2n) is 5.31. The average Bonchev–Trinajstić information content (AvgIpc) is 2.97. The van der Waals surface area contributed by atoms with Gasteiger partial charge in [-0.25, -0.2) is 4.98 Å². The molecule has 0 aliphatic carbocycles. The van der Waals surface area contributed by atoms with Crippen molar-refractivity contribution in [3.8, 4) is 0 Å². The molecule has 2 saturated heterocycles. The summed E-state index contributed by atoms with van der Waals surface area (Å²) in [6.07, 6.45) is -3.24. The van der Waals surface area contributed by atoms with Gasteiger partial charge in [-0.15, -0.1) is 0 Å². The highest BCUT2D eigenvalue weighted by Crippen LogP contribution is 2.46. The van der Waals surface area contributed by atoms with Crippen molar-refractivity contribution in [3.63, 3.8) is 0 Å². The lowest BCUT2D eigenvalue weighted by Gasteiger charge is -2.27. The Morgan fingerprint density at radius 2 is 2.26 bits per heavy atom. The summed E-state index contributed by atoms with van der Waals surface area (Å²) in [6.45, 7) is 1.76. The number of aromatic amines is 1. The number of aryl methyl sites for hydroxylation is 1. The average molecular weight is 343 g/mol. The van der Waals surface area contributed by atoms with Gasteiger partial charge in [-0.2, -0.15) is 4.98 Å². The monoisotopic (exact) mass is 343 g/mol. The Labute approximate surface area is 130 Å². The molecule has 0 spiro atoms. The lowest BCUT2D eigenvalue weighted by Crippen LogP contribution is -2.38. The van der Waals surface area contributed by atoms with Gasteiger partial charge in [0.2, 0.25) is 5.95 Å². The Balaban J connectivity index is 1.81. The van der Waals surface area contributed by atoms with Crippen molar-refractivity contribution in [3.05, 3.63) is 16.2 Å². The molecule has 2 aliphatic heterocycles. The Morgan fingerprint density at radius 3 is 3.04 bits per heavy atom. The van der Waals surface area contributed by atoms with Crippen LogP contribution in [0.5, 0.6) is 0 Å². The third kappa shape index (κ3) is 2.24. The van der Waals surface area contributed by atoms with Crippen molar-refractivity contribution < 1.29 is 23.8 Å². The minimum absolute atomic E-state index is 0.0629. The number of hydrogen-bond acceptors (Lipinski definition) is 9. The number of imidazole rings is 1. The van der Waals surface area contributed by atoms with Crippen LogP contribution in [-0.4, -0.2) is 54.4 Å². The molecule has 5 atom stereocenters. The van der Waals surface area contributed by atoms with Crippen LogP contribution >= 0.6 is 8.60 Å². The number of nitrogen functional groups attached to an aromatic ring is 1. The van der Waals surface area contributed by atoms with Gasteiger partial charge < -0.3 is 29.5 Å². The number of nitrogens with zero attached hydrogens (tertiary/aromatic N) is 3. The van der Waals surface area contributed by atoms with Crippen molar-refractivity contribution in [1.82, 2.24) is 19.5 Å². The molecule has 2 aromatic heterocycles. The van der Waals surface area contributed by atoms with Gasteiger partial charge in [-0.3, -0.25) is 14.3 Å². The fourth-order valence-electron chi connectivity index (χ4n) is 2.88. The van der Waals surface area contributed by atoms with E-state index in [1.54, 1.807) is 6.92 Å². The number of hydrogen-bond donors (Lipinski definition) is 4. The number of ether oxygens (including phenoxy) is 1. The van der Waals surface area contributed by atoms with Crippen LogP contribution in [-0.2, 0) is 13.8 Å². The summed E-state index contributed by atoms with van der Waals surface area (Å²) in [5.41, 5.74) is 5.42. The van der Waals surface area contributed by atoms with Crippen LogP contribution in [0.1, 0.15) is 12.1 Å². The van der Waals surface area contributed by atoms with E-state index in [1.807, 2.05) is 0 Å². The third-order valence-electron chi connectivity index (χ3n) is 3.87. The summed E-state index contributed by atoms with van der Waals surface area (Å²) in [5.74, 6) is 0.366. The quantitative estimate of drug-likeness (QED) is 0.472. The molecule has 12 heteroatoms. The summed E-state index contributed by atoms with van der Waals surface area (Å²) in [5, 5.41) is 10.5. The Kier molecular flexibility index (Phi) is 3.38. The molecule has 2 fully saturated rings. The van der Waals surface area contributed by atoms with Gasteiger partial charge >= 0.3 is 8.60 Å². The minimum Gasteiger partial charge on any atom is -0.386 e. The Bertz CT molecular complexity index is 823. The van der Waals surface area contributed by atoms with Crippen LogP contribution in [0.25, 0.3) is 11.2 Å². The maximum Gasteiger partial charge on any atom is 0.330 e. The smallest absolute Gasteiger partial charge is 0.330 e. The van der Waals surface area contributed by atoms with E-state index in [9.17, 15) is 14.8 Å². The first-order valence-electron chi connectivity index (χ1n) is 6.82. The summed E-state index contributed by atoms with van der Waals surface area (Å²) in [7, 11) is -2.03. The molecule has 1 unspecified atom stereocenters.